The number of hydrogen-bond donors (Lipinski definition) is 0. The first kappa shape index (κ1) is 10.1. The maximum Gasteiger partial charge on any atom is 0.150 e. The van der Waals surface area contributed by atoms with Gasteiger partial charge in [-0.1, -0.05) is 12.1 Å². The Morgan fingerprint density at radius 1 is 1.13 bits per heavy atom. The first-order valence-corrected chi connectivity index (χ1v) is 5.65. The molecule has 2 aromatic rings. The lowest BCUT2D eigenvalue weighted by Gasteiger charge is -2.03. The molecule has 0 fully saturated rings. The minimum absolute atomic E-state index is 0.740. The molecular formula is C13H12OS. The predicted molar refractivity (Wildman–Crippen MR) is 64.6 cm³/mol. The van der Waals surface area contributed by atoms with Gasteiger partial charge in [-0.15, -0.1) is 11.3 Å². The maximum absolute atomic E-state index is 10.6. The third-order valence-corrected chi connectivity index (χ3v) is 3.43. The largest absolute Gasteiger partial charge is 0.298 e. The van der Waals surface area contributed by atoms with E-state index < -0.39 is 0 Å². The fraction of sp³-hybridized carbons (Fsp3) is 0.154. The van der Waals surface area contributed by atoms with Crippen LogP contribution in [0.4, 0.5) is 0 Å². The fourth-order valence-corrected chi connectivity index (χ4v) is 2.57. The fourth-order valence-electron chi connectivity index (χ4n) is 1.62. The average molecular weight is 216 g/mol. The van der Waals surface area contributed by atoms with Gasteiger partial charge in [0.05, 0.1) is 0 Å². The first-order chi connectivity index (χ1) is 7.20. The van der Waals surface area contributed by atoms with Crippen molar-refractivity contribution in [2.45, 2.75) is 13.8 Å². The smallest absolute Gasteiger partial charge is 0.150 e. The van der Waals surface area contributed by atoms with E-state index in [0.717, 1.165) is 17.4 Å². The van der Waals surface area contributed by atoms with E-state index in [-0.39, 0.29) is 0 Å². The quantitative estimate of drug-likeness (QED) is 0.697. The van der Waals surface area contributed by atoms with Crippen LogP contribution in [0.25, 0.3) is 10.4 Å². The van der Waals surface area contributed by atoms with Gasteiger partial charge in [-0.05, 0) is 43.2 Å². The van der Waals surface area contributed by atoms with Crippen molar-refractivity contribution in [2.75, 3.05) is 0 Å². The van der Waals surface area contributed by atoms with Crippen LogP contribution in [0.3, 0.4) is 0 Å². The predicted octanol–water partition coefficient (Wildman–Crippen LogP) is 3.84. The van der Waals surface area contributed by atoms with Crippen molar-refractivity contribution in [3.63, 3.8) is 0 Å². The summed E-state index contributed by atoms with van der Waals surface area (Å²) < 4.78 is 0. The van der Waals surface area contributed by atoms with Crippen molar-refractivity contribution >= 4 is 17.6 Å². The summed E-state index contributed by atoms with van der Waals surface area (Å²) in [5.41, 5.74) is 3.12. The Bertz CT molecular complexity index is 497. The van der Waals surface area contributed by atoms with E-state index in [1.807, 2.05) is 25.1 Å². The molecule has 1 nitrogen and oxygen atoms in total. The summed E-state index contributed by atoms with van der Waals surface area (Å²) in [6.45, 7) is 4.14. The van der Waals surface area contributed by atoms with E-state index in [1.54, 1.807) is 11.3 Å². The van der Waals surface area contributed by atoms with Crippen molar-refractivity contribution in [3.8, 4) is 10.4 Å². The van der Waals surface area contributed by atoms with E-state index in [9.17, 15) is 4.79 Å². The SMILES string of the molecule is Cc1ccc(-c2ccc(C=O)cc2C)s1. The minimum Gasteiger partial charge on any atom is -0.298 e. The van der Waals surface area contributed by atoms with Gasteiger partial charge in [0.1, 0.15) is 6.29 Å². The summed E-state index contributed by atoms with van der Waals surface area (Å²) in [5.74, 6) is 0. The number of benzene rings is 1. The number of carbonyl (C=O) groups is 1. The molecule has 0 spiro atoms. The van der Waals surface area contributed by atoms with Crippen molar-refractivity contribution in [2.24, 2.45) is 0 Å². The zero-order valence-electron chi connectivity index (χ0n) is 8.78. The van der Waals surface area contributed by atoms with Crippen LogP contribution in [0.1, 0.15) is 20.8 Å². The van der Waals surface area contributed by atoms with Gasteiger partial charge in [0, 0.05) is 15.3 Å². The van der Waals surface area contributed by atoms with E-state index in [1.165, 1.54) is 15.3 Å². The van der Waals surface area contributed by atoms with Crippen molar-refractivity contribution in [3.05, 3.63) is 46.3 Å². The van der Waals surface area contributed by atoms with Crippen molar-refractivity contribution in [1.29, 1.82) is 0 Å². The second-order valence-electron chi connectivity index (χ2n) is 3.60. The van der Waals surface area contributed by atoms with Crippen LogP contribution in [0.5, 0.6) is 0 Å². The van der Waals surface area contributed by atoms with Gasteiger partial charge in [0.2, 0.25) is 0 Å². The van der Waals surface area contributed by atoms with Gasteiger partial charge in [0.25, 0.3) is 0 Å². The summed E-state index contributed by atoms with van der Waals surface area (Å²) in [7, 11) is 0. The lowest BCUT2D eigenvalue weighted by Crippen LogP contribution is -1.84. The number of carbonyl (C=O) groups excluding carboxylic acids is 1. The van der Waals surface area contributed by atoms with Crippen molar-refractivity contribution in [1.82, 2.24) is 0 Å². The molecule has 1 aromatic heterocycles. The third kappa shape index (κ3) is 2.00. The van der Waals surface area contributed by atoms with E-state index in [0.29, 0.717) is 0 Å². The monoisotopic (exact) mass is 216 g/mol. The second-order valence-corrected chi connectivity index (χ2v) is 4.89. The molecule has 0 radical (unpaired) electrons. The van der Waals surface area contributed by atoms with Gasteiger partial charge in [0.15, 0.2) is 0 Å². The zero-order valence-corrected chi connectivity index (χ0v) is 9.60. The molecule has 0 atom stereocenters. The number of rotatable bonds is 2. The number of thiophene rings is 1. The standard InChI is InChI=1S/C13H12OS/c1-9-7-11(8-14)4-5-12(9)13-6-3-10(2)15-13/h3-8H,1-2H3. The Morgan fingerprint density at radius 2 is 1.93 bits per heavy atom. The van der Waals surface area contributed by atoms with Gasteiger partial charge in [-0.25, -0.2) is 0 Å². The Kier molecular flexibility index (Phi) is 2.69. The van der Waals surface area contributed by atoms with Gasteiger partial charge in [-0.2, -0.15) is 0 Å². The summed E-state index contributed by atoms with van der Waals surface area (Å²) in [6.07, 6.45) is 0.885. The topological polar surface area (TPSA) is 17.1 Å². The molecular weight excluding hydrogens is 204 g/mol. The highest BCUT2D eigenvalue weighted by atomic mass is 32.1. The second kappa shape index (κ2) is 3.99. The average Bonchev–Trinajstić information content (AvgIpc) is 2.64. The highest BCUT2D eigenvalue weighted by Gasteiger charge is 2.04. The molecule has 2 rings (SSSR count). The Morgan fingerprint density at radius 3 is 2.47 bits per heavy atom. The van der Waals surface area contributed by atoms with Crippen LogP contribution >= 0.6 is 11.3 Å². The molecule has 0 aliphatic carbocycles. The first-order valence-electron chi connectivity index (χ1n) is 4.83. The highest BCUT2D eigenvalue weighted by molar-refractivity contribution is 7.15. The molecule has 1 heterocycles. The Labute approximate surface area is 93.4 Å². The molecule has 0 aliphatic heterocycles. The molecule has 0 saturated heterocycles. The molecule has 76 valence electrons. The Balaban J connectivity index is 2.49. The van der Waals surface area contributed by atoms with Crippen LogP contribution in [-0.4, -0.2) is 6.29 Å². The molecule has 0 aliphatic rings. The lowest BCUT2D eigenvalue weighted by atomic mass is 10.0. The summed E-state index contributed by atoms with van der Waals surface area (Å²) >= 11 is 1.78. The van der Waals surface area contributed by atoms with Gasteiger partial charge in [-0.3, -0.25) is 4.79 Å². The van der Waals surface area contributed by atoms with Crippen LogP contribution < -0.4 is 0 Å². The molecule has 15 heavy (non-hydrogen) atoms. The molecule has 1 aromatic carbocycles. The third-order valence-electron chi connectivity index (χ3n) is 2.39. The maximum atomic E-state index is 10.6. The van der Waals surface area contributed by atoms with Crippen LogP contribution in [0.15, 0.2) is 30.3 Å². The number of hydrogen-bond acceptors (Lipinski definition) is 2. The molecule has 0 bridgehead atoms. The molecule has 0 amide bonds. The van der Waals surface area contributed by atoms with E-state index in [4.69, 9.17) is 0 Å². The molecule has 0 N–H and O–H groups in total. The van der Waals surface area contributed by atoms with Gasteiger partial charge >= 0.3 is 0 Å². The number of aryl methyl sites for hydroxylation is 2. The van der Waals surface area contributed by atoms with Crippen LogP contribution in [0.2, 0.25) is 0 Å². The number of aldehydes is 1. The van der Waals surface area contributed by atoms with Crippen molar-refractivity contribution < 1.29 is 4.79 Å². The molecule has 0 saturated carbocycles. The minimum atomic E-state index is 0.740. The van der Waals surface area contributed by atoms with Crippen LogP contribution in [-0.2, 0) is 0 Å². The van der Waals surface area contributed by atoms with E-state index in [2.05, 4.69) is 19.1 Å². The highest BCUT2D eigenvalue weighted by Crippen LogP contribution is 2.30. The summed E-state index contributed by atoms with van der Waals surface area (Å²) in [6, 6.07) is 10.1. The zero-order chi connectivity index (χ0) is 10.8. The summed E-state index contributed by atoms with van der Waals surface area (Å²) in [5, 5.41) is 0. The van der Waals surface area contributed by atoms with E-state index >= 15 is 0 Å². The van der Waals surface area contributed by atoms with Gasteiger partial charge < -0.3 is 0 Å². The molecule has 2 heteroatoms. The molecule has 0 unspecified atom stereocenters. The Hall–Kier alpha value is -1.41. The van der Waals surface area contributed by atoms with Crippen LogP contribution in [0, 0.1) is 13.8 Å². The lowest BCUT2D eigenvalue weighted by molar-refractivity contribution is 0.112. The summed E-state index contributed by atoms with van der Waals surface area (Å²) in [4.78, 5) is 13.2. The normalized spacial score (nSPS) is 10.3.